The number of rotatable bonds is 3. The smallest absolute Gasteiger partial charge is 0.450 e. The quantitative estimate of drug-likeness (QED) is 0.865. The Balaban J connectivity index is 2.15. The molecule has 1 aliphatic heterocycles. The fourth-order valence-electron chi connectivity index (χ4n) is 2.07. The Morgan fingerprint density at radius 3 is 2.65 bits per heavy atom. The van der Waals surface area contributed by atoms with Gasteiger partial charge in [0.15, 0.2) is 6.73 Å². The number of halogens is 4. The van der Waals surface area contributed by atoms with Crippen molar-refractivity contribution in [3.63, 3.8) is 0 Å². The monoisotopic (exact) mass is 333 g/mol. The van der Waals surface area contributed by atoms with E-state index in [0.717, 1.165) is 11.1 Å². The summed E-state index contributed by atoms with van der Waals surface area (Å²) in [5.74, 6) is -1.86. The second-order valence-corrected chi connectivity index (χ2v) is 4.93. The van der Waals surface area contributed by atoms with Gasteiger partial charge < -0.3 is 19.9 Å². The number of allylic oxidation sites excluding steroid dienone is 1. The molecule has 0 atom stereocenters. The van der Waals surface area contributed by atoms with Gasteiger partial charge in [-0.25, -0.2) is 9.18 Å². The topological polar surface area (TPSA) is 44.8 Å². The van der Waals surface area contributed by atoms with Crippen molar-refractivity contribution in [1.29, 1.82) is 0 Å². The van der Waals surface area contributed by atoms with E-state index in [9.17, 15) is 22.4 Å². The molecule has 9 heteroatoms. The van der Waals surface area contributed by atoms with Crippen molar-refractivity contribution in [2.24, 2.45) is 0 Å². The number of nitrogens with zero attached hydrogens (tertiary/aromatic N) is 2. The van der Waals surface area contributed by atoms with Crippen LogP contribution in [0.3, 0.4) is 0 Å². The maximum Gasteiger partial charge on any atom is 0.450 e. The number of carbonyl (C=O) groups excluding carboxylic acids is 1. The molecular formula is C14H15F4N3O2. The zero-order valence-electron chi connectivity index (χ0n) is 12.4. The first-order chi connectivity index (χ1) is 10.7. The molecule has 0 spiro atoms. The summed E-state index contributed by atoms with van der Waals surface area (Å²) in [6.45, 7) is -0.250. The molecule has 126 valence electrons. The van der Waals surface area contributed by atoms with Gasteiger partial charge >= 0.3 is 12.2 Å². The lowest BCUT2D eigenvalue weighted by Gasteiger charge is -2.18. The van der Waals surface area contributed by atoms with E-state index in [1.54, 1.807) is 0 Å². The summed E-state index contributed by atoms with van der Waals surface area (Å²) in [6.07, 6.45) is -3.89. The molecule has 1 aliphatic rings. The van der Waals surface area contributed by atoms with Gasteiger partial charge in [0.1, 0.15) is 5.82 Å². The van der Waals surface area contributed by atoms with E-state index in [1.165, 1.54) is 37.2 Å². The molecule has 23 heavy (non-hydrogen) atoms. The van der Waals surface area contributed by atoms with Gasteiger partial charge in [-0.3, -0.25) is 0 Å². The number of hydrogen-bond donors (Lipinski definition) is 1. The lowest BCUT2D eigenvalue weighted by Crippen LogP contribution is -2.34. The van der Waals surface area contributed by atoms with Gasteiger partial charge in [-0.1, -0.05) is 6.07 Å². The Morgan fingerprint density at radius 1 is 1.43 bits per heavy atom. The first-order valence-corrected chi connectivity index (χ1v) is 6.62. The van der Waals surface area contributed by atoms with E-state index < -0.39 is 24.5 Å². The zero-order chi connectivity index (χ0) is 17.2. The van der Waals surface area contributed by atoms with Crippen molar-refractivity contribution in [2.75, 3.05) is 25.7 Å². The maximum atomic E-state index is 14.1. The minimum absolute atomic E-state index is 0.0319. The van der Waals surface area contributed by atoms with Crippen LogP contribution in [0.1, 0.15) is 5.56 Å². The molecule has 1 N–H and O–H groups in total. The number of carbonyl (C=O) groups is 1. The predicted octanol–water partition coefficient (Wildman–Crippen LogP) is 2.79. The SMILES string of the molecule is CNC(=O)N(C)Cc1ccc(N2C=C(C(F)(F)F)OC2)c(F)c1. The number of alkyl halides is 3. The third-order valence-electron chi connectivity index (χ3n) is 3.21. The van der Waals surface area contributed by atoms with Gasteiger partial charge in [0, 0.05) is 20.6 Å². The molecule has 0 aliphatic carbocycles. The Bertz CT molecular complexity index is 631. The second kappa shape index (κ2) is 6.35. The first-order valence-electron chi connectivity index (χ1n) is 6.62. The number of urea groups is 1. The molecule has 5 nitrogen and oxygen atoms in total. The molecule has 1 aromatic carbocycles. The molecule has 2 amide bonds. The molecule has 0 radical (unpaired) electrons. The van der Waals surface area contributed by atoms with Crippen LogP contribution in [-0.2, 0) is 11.3 Å². The van der Waals surface area contributed by atoms with Crippen LogP contribution >= 0.6 is 0 Å². The third-order valence-corrected chi connectivity index (χ3v) is 3.21. The summed E-state index contributed by atoms with van der Waals surface area (Å²) in [7, 11) is 3.01. The van der Waals surface area contributed by atoms with Gasteiger partial charge in [0.05, 0.1) is 11.9 Å². The molecule has 0 unspecified atom stereocenters. The molecular weight excluding hydrogens is 318 g/mol. The van der Waals surface area contributed by atoms with Crippen LogP contribution < -0.4 is 10.2 Å². The van der Waals surface area contributed by atoms with E-state index in [4.69, 9.17) is 0 Å². The predicted molar refractivity (Wildman–Crippen MR) is 74.9 cm³/mol. The van der Waals surface area contributed by atoms with Gasteiger partial charge in [-0.2, -0.15) is 13.2 Å². The van der Waals surface area contributed by atoms with Crippen molar-refractivity contribution in [2.45, 2.75) is 12.7 Å². The normalized spacial score (nSPS) is 14.3. The van der Waals surface area contributed by atoms with Crippen molar-refractivity contribution in [3.05, 3.63) is 41.5 Å². The van der Waals surface area contributed by atoms with Crippen LogP contribution in [0.2, 0.25) is 0 Å². The zero-order valence-corrected chi connectivity index (χ0v) is 12.4. The lowest BCUT2D eigenvalue weighted by atomic mass is 10.2. The Kier molecular flexibility index (Phi) is 4.67. The number of amides is 2. The van der Waals surface area contributed by atoms with Gasteiger partial charge in [-0.05, 0) is 17.7 Å². The van der Waals surface area contributed by atoms with Crippen LogP contribution in [0.25, 0.3) is 0 Å². The summed E-state index contributed by atoms with van der Waals surface area (Å²) in [5.41, 5.74) is 0.480. The van der Waals surface area contributed by atoms with Crippen molar-refractivity contribution in [3.8, 4) is 0 Å². The Hall–Kier alpha value is -2.45. The molecule has 0 saturated heterocycles. The van der Waals surface area contributed by atoms with Crippen molar-refractivity contribution >= 4 is 11.7 Å². The van der Waals surface area contributed by atoms with E-state index >= 15 is 0 Å². The van der Waals surface area contributed by atoms with Crippen LogP contribution in [0.5, 0.6) is 0 Å². The van der Waals surface area contributed by atoms with Crippen molar-refractivity contribution < 1.29 is 27.1 Å². The van der Waals surface area contributed by atoms with Crippen LogP contribution in [0.4, 0.5) is 28.0 Å². The fourth-order valence-corrected chi connectivity index (χ4v) is 2.07. The van der Waals surface area contributed by atoms with E-state index in [-0.39, 0.29) is 18.3 Å². The van der Waals surface area contributed by atoms with Gasteiger partial charge in [0.2, 0.25) is 5.76 Å². The molecule has 0 aromatic heterocycles. The van der Waals surface area contributed by atoms with Gasteiger partial charge in [-0.15, -0.1) is 0 Å². The molecule has 1 heterocycles. The highest BCUT2D eigenvalue weighted by atomic mass is 19.4. The summed E-state index contributed by atoms with van der Waals surface area (Å²) in [4.78, 5) is 13.8. The second-order valence-electron chi connectivity index (χ2n) is 4.93. The summed E-state index contributed by atoms with van der Waals surface area (Å²) < 4.78 is 56.2. The standard InChI is InChI=1S/C14H15F4N3O2/c1-19-13(22)20(2)6-9-3-4-11(10(15)5-9)21-7-12(23-8-21)14(16,17)18/h3-5,7H,6,8H2,1-2H3,(H,19,22). The highest BCUT2D eigenvalue weighted by Gasteiger charge is 2.39. The maximum absolute atomic E-state index is 14.1. The first kappa shape index (κ1) is 16.9. The molecule has 2 rings (SSSR count). The number of anilines is 1. The number of benzene rings is 1. The number of nitrogens with one attached hydrogen (secondary N) is 1. The van der Waals surface area contributed by atoms with E-state index in [0.29, 0.717) is 5.56 Å². The van der Waals surface area contributed by atoms with Gasteiger partial charge in [0.25, 0.3) is 0 Å². The van der Waals surface area contributed by atoms with E-state index in [1.807, 2.05) is 0 Å². The summed E-state index contributed by atoms with van der Waals surface area (Å²) in [6, 6.07) is 3.73. The lowest BCUT2D eigenvalue weighted by molar-refractivity contribution is -0.126. The highest BCUT2D eigenvalue weighted by molar-refractivity contribution is 5.73. The molecule has 1 aromatic rings. The fraction of sp³-hybridized carbons (Fsp3) is 0.357. The van der Waals surface area contributed by atoms with Crippen LogP contribution in [0, 0.1) is 5.82 Å². The average Bonchev–Trinajstić information content (AvgIpc) is 2.96. The number of hydrogen-bond acceptors (Lipinski definition) is 3. The Labute approximate surface area is 130 Å². The van der Waals surface area contributed by atoms with Crippen LogP contribution in [-0.4, -0.2) is 37.9 Å². The minimum atomic E-state index is -4.61. The molecule has 0 fully saturated rings. The molecule has 0 saturated carbocycles. The number of ether oxygens (including phenoxy) is 1. The molecule has 0 bridgehead atoms. The largest absolute Gasteiger partial charge is 0.466 e. The minimum Gasteiger partial charge on any atom is -0.466 e. The summed E-state index contributed by atoms with van der Waals surface area (Å²) in [5, 5.41) is 2.43. The van der Waals surface area contributed by atoms with Crippen molar-refractivity contribution in [1.82, 2.24) is 10.2 Å². The average molecular weight is 333 g/mol. The third kappa shape index (κ3) is 3.85. The summed E-state index contributed by atoms with van der Waals surface area (Å²) >= 11 is 0. The highest BCUT2D eigenvalue weighted by Crippen LogP contribution is 2.33. The Morgan fingerprint density at radius 2 is 2.13 bits per heavy atom. The van der Waals surface area contributed by atoms with Crippen LogP contribution in [0.15, 0.2) is 30.2 Å². The van der Waals surface area contributed by atoms with E-state index in [2.05, 4.69) is 10.1 Å².